The first-order valence-corrected chi connectivity index (χ1v) is 24.4. The molecule has 0 aromatic rings. The van der Waals surface area contributed by atoms with Gasteiger partial charge in [-0.05, 0) is 83.5 Å². The molecule has 0 saturated heterocycles. The molecule has 0 N–H and O–H groups in total. The lowest BCUT2D eigenvalue weighted by atomic mass is 10.1. The van der Waals surface area contributed by atoms with Crippen LogP contribution < -0.4 is 0 Å². The van der Waals surface area contributed by atoms with Crippen LogP contribution in [0.1, 0.15) is 226 Å². The van der Waals surface area contributed by atoms with Crippen LogP contribution in [0, 0.1) is 0 Å². The van der Waals surface area contributed by atoms with Crippen molar-refractivity contribution in [3.05, 3.63) is 72.9 Å². The van der Waals surface area contributed by atoms with Crippen molar-refractivity contribution in [3.8, 4) is 0 Å². The maximum atomic E-state index is 12.6. The van der Waals surface area contributed by atoms with Gasteiger partial charge < -0.3 is 14.2 Å². The van der Waals surface area contributed by atoms with Crippen LogP contribution in [0.25, 0.3) is 0 Å². The Labute approximate surface area is 363 Å². The number of carbonyl (C=O) groups is 3. The fraction of sp³-hybridized carbons (Fsp3) is 0.717. The molecule has 6 nitrogen and oxygen atoms in total. The normalized spacial score (nSPS) is 12.7. The van der Waals surface area contributed by atoms with E-state index in [1.807, 2.05) is 0 Å². The van der Waals surface area contributed by atoms with Gasteiger partial charge in [0.15, 0.2) is 6.10 Å². The zero-order valence-corrected chi connectivity index (χ0v) is 38.5. The number of rotatable bonds is 43. The Morgan fingerprint density at radius 3 is 1.12 bits per heavy atom. The third-order valence-electron chi connectivity index (χ3n) is 10.2. The second kappa shape index (κ2) is 47.5. The molecule has 0 bridgehead atoms. The van der Waals surface area contributed by atoms with Gasteiger partial charge >= 0.3 is 17.9 Å². The molecule has 0 fully saturated rings. The summed E-state index contributed by atoms with van der Waals surface area (Å²) in [5.74, 6) is -0.911. The van der Waals surface area contributed by atoms with E-state index in [1.54, 1.807) is 0 Å². The molecule has 6 heteroatoms. The van der Waals surface area contributed by atoms with Crippen LogP contribution in [0.15, 0.2) is 72.9 Å². The van der Waals surface area contributed by atoms with Gasteiger partial charge in [-0.3, -0.25) is 14.4 Å². The predicted molar refractivity (Wildman–Crippen MR) is 251 cm³/mol. The predicted octanol–water partition coefficient (Wildman–Crippen LogP) is 15.9. The lowest BCUT2D eigenvalue weighted by molar-refractivity contribution is -0.167. The number of esters is 3. The Balaban J connectivity index is 4.12. The Hall–Kier alpha value is -3.15. The van der Waals surface area contributed by atoms with Gasteiger partial charge in [0.25, 0.3) is 0 Å². The summed E-state index contributed by atoms with van der Waals surface area (Å²) < 4.78 is 16.6. The first-order valence-electron chi connectivity index (χ1n) is 24.4. The Bertz CT molecular complexity index is 1130. The summed E-state index contributed by atoms with van der Waals surface area (Å²) in [5.41, 5.74) is 0. The molecule has 1 unspecified atom stereocenters. The number of hydrogen-bond donors (Lipinski definition) is 0. The van der Waals surface area contributed by atoms with E-state index in [1.165, 1.54) is 70.6 Å². The summed E-state index contributed by atoms with van der Waals surface area (Å²) in [6.45, 7) is 6.38. The van der Waals surface area contributed by atoms with Gasteiger partial charge in [0.1, 0.15) is 13.2 Å². The molecule has 0 spiro atoms. The second-order valence-electron chi connectivity index (χ2n) is 16.0. The summed E-state index contributed by atoms with van der Waals surface area (Å²) >= 11 is 0. The number of ether oxygens (including phenoxy) is 3. The summed E-state index contributed by atoms with van der Waals surface area (Å²) in [6, 6.07) is 0. The SMILES string of the molecule is CC/C=C\C/C=C\C/C=C\C/C=C\C/C=C\CCCCCCCCCCCC(=O)OCC(COC(=O)CCCCCCCC)OC(=O)CCCCCCC/C=C\CCC. The van der Waals surface area contributed by atoms with Crippen LogP contribution in [-0.4, -0.2) is 37.2 Å². The maximum absolute atomic E-state index is 12.6. The van der Waals surface area contributed by atoms with Crippen molar-refractivity contribution in [2.75, 3.05) is 13.2 Å². The summed E-state index contributed by atoms with van der Waals surface area (Å²) in [7, 11) is 0. The summed E-state index contributed by atoms with van der Waals surface area (Å²) in [4.78, 5) is 37.6. The quantitative estimate of drug-likeness (QED) is 0.0264. The zero-order valence-electron chi connectivity index (χ0n) is 38.5. The number of allylic oxidation sites excluding steroid dienone is 12. The standard InChI is InChI=1S/C53H90O6/c1-4-7-10-13-16-18-20-21-22-23-24-25-26-27-28-29-30-31-32-33-34-36-37-40-43-46-52(55)58-49-50(48-57-51(54)45-42-39-15-12-9-6-3)59-53(56)47-44-41-38-35-19-17-14-11-8-5-2/h7,10-11,14,16,18,21-22,24-25,27-28,50H,4-6,8-9,12-13,15,17,19-20,23,26,29-49H2,1-3H3/b10-7-,14-11-,18-16-,22-21-,25-24-,28-27-. The molecule has 0 amide bonds. The minimum atomic E-state index is -0.776. The first-order chi connectivity index (χ1) is 29.0. The minimum absolute atomic E-state index is 0.0807. The molecule has 338 valence electrons. The van der Waals surface area contributed by atoms with Gasteiger partial charge in [-0.1, -0.05) is 196 Å². The van der Waals surface area contributed by atoms with Gasteiger partial charge in [-0.2, -0.15) is 0 Å². The van der Waals surface area contributed by atoms with E-state index < -0.39 is 6.10 Å². The topological polar surface area (TPSA) is 78.9 Å². The second-order valence-corrected chi connectivity index (χ2v) is 16.0. The maximum Gasteiger partial charge on any atom is 0.306 e. The molecule has 0 radical (unpaired) electrons. The highest BCUT2D eigenvalue weighted by Gasteiger charge is 2.19. The van der Waals surface area contributed by atoms with Crippen LogP contribution in [0.5, 0.6) is 0 Å². The Kier molecular flexibility index (Phi) is 45.0. The van der Waals surface area contributed by atoms with Crippen LogP contribution in [0.3, 0.4) is 0 Å². The van der Waals surface area contributed by atoms with Gasteiger partial charge in [-0.15, -0.1) is 0 Å². The fourth-order valence-corrected chi connectivity index (χ4v) is 6.53. The van der Waals surface area contributed by atoms with E-state index >= 15 is 0 Å². The number of unbranched alkanes of at least 4 members (excludes halogenated alkanes) is 20. The van der Waals surface area contributed by atoms with Crippen molar-refractivity contribution in [1.82, 2.24) is 0 Å². The van der Waals surface area contributed by atoms with E-state index in [0.29, 0.717) is 19.3 Å². The molecule has 59 heavy (non-hydrogen) atoms. The molecule has 0 heterocycles. The lowest BCUT2D eigenvalue weighted by Crippen LogP contribution is -2.30. The molecule has 0 saturated carbocycles. The molecule has 0 aliphatic rings. The van der Waals surface area contributed by atoms with Gasteiger partial charge in [0, 0.05) is 19.3 Å². The van der Waals surface area contributed by atoms with Crippen molar-refractivity contribution < 1.29 is 28.6 Å². The lowest BCUT2D eigenvalue weighted by Gasteiger charge is -2.18. The van der Waals surface area contributed by atoms with E-state index in [0.717, 1.165) is 116 Å². The zero-order chi connectivity index (χ0) is 43.0. The van der Waals surface area contributed by atoms with E-state index in [4.69, 9.17) is 14.2 Å². The van der Waals surface area contributed by atoms with Crippen LogP contribution in [0.2, 0.25) is 0 Å². The third kappa shape index (κ3) is 45.8. The molecule has 0 aromatic carbocycles. The van der Waals surface area contributed by atoms with E-state index in [-0.39, 0.29) is 31.1 Å². The third-order valence-corrected chi connectivity index (χ3v) is 10.2. The largest absolute Gasteiger partial charge is 0.462 e. The molecule has 0 aliphatic heterocycles. The highest BCUT2D eigenvalue weighted by Crippen LogP contribution is 2.14. The van der Waals surface area contributed by atoms with Crippen molar-refractivity contribution >= 4 is 17.9 Å². The van der Waals surface area contributed by atoms with Crippen molar-refractivity contribution in [1.29, 1.82) is 0 Å². The molecule has 0 rings (SSSR count). The van der Waals surface area contributed by atoms with Crippen LogP contribution in [-0.2, 0) is 28.6 Å². The summed E-state index contributed by atoms with van der Waals surface area (Å²) in [6.07, 6.45) is 59.2. The van der Waals surface area contributed by atoms with Gasteiger partial charge in [-0.25, -0.2) is 0 Å². The Morgan fingerprint density at radius 1 is 0.356 bits per heavy atom. The van der Waals surface area contributed by atoms with E-state index in [9.17, 15) is 14.4 Å². The number of hydrogen-bond acceptors (Lipinski definition) is 6. The smallest absolute Gasteiger partial charge is 0.306 e. The van der Waals surface area contributed by atoms with Gasteiger partial charge in [0.2, 0.25) is 0 Å². The Morgan fingerprint density at radius 2 is 0.695 bits per heavy atom. The van der Waals surface area contributed by atoms with Crippen molar-refractivity contribution in [2.45, 2.75) is 232 Å². The number of carbonyl (C=O) groups excluding carboxylic acids is 3. The molecule has 1 atom stereocenters. The first kappa shape index (κ1) is 55.9. The van der Waals surface area contributed by atoms with Crippen molar-refractivity contribution in [2.24, 2.45) is 0 Å². The average Bonchev–Trinajstić information content (AvgIpc) is 3.23. The molecular weight excluding hydrogens is 733 g/mol. The van der Waals surface area contributed by atoms with Gasteiger partial charge in [0.05, 0.1) is 0 Å². The minimum Gasteiger partial charge on any atom is -0.462 e. The molecular formula is C53H90O6. The highest BCUT2D eigenvalue weighted by molar-refractivity contribution is 5.71. The highest BCUT2D eigenvalue weighted by atomic mass is 16.6. The van der Waals surface area contributed by atoms with Crippen molar-refractivity contribution in [3.63, 3.8) is 0 Å². The van der Waals surface area contributed by atoms with Crippen LogP contribution in [0.4, 0.5) is 0 Å². The fourth-order valence-electron chi connectivity index (χ4n) is 6.53. The molecule has 0 aliphatic carbocycles. The monoisotopic (exact) mass is 823 g/mol. The van der Waals surface area contributed by atoms with E-state index in [2.05, 4.69) is 93.7 Å². The van der Waals surface area contributed by atoms with Crippen LogP contribution >= 0.6 is 0 Å². The average molecular weight is 823 g/mol. The summed E-state index contributed by atoms with van der Waals surface area (Å²) in [5, 5.41) is 0. The molecule has 0 aromatic heterocycles.